The molecule has 2 aromatic rings. The first-order chi connectivity index (χ1) is 10.7. The van der Waals surface area contributed by atoms with E-state index < -0.39 is 29.0 Å². The van der Waals surface area contributed by atoms with Crippen LogP contribution in [0.2, 0.25) is 10.0 Å². The van der Waals surface area contributed by atoms with Crippen LogP contribution in [0.1, 0.15) is 23.4 Å². The van der Waals surface area contributed by atoms with Crippen LogP contribution in [0.3, 0.4) is 0 Å². The molecule has 0 atom stereocenters. The summed E-state index contributed by atoms with van der Waals surface area (Å²) in [6.07, 6.45) is -6.50. The van der Waals surface area contributed by atoms with Gasteiger partial charge in [0.05, 0.1) is 10.0 Å². The standard InChI is InChI=1S/C13H8Cl2F5N3.ClH/c14-7-1-2-9(23-10(7)12(16)17)21-4-6-3-8(15)11(22-5-6)13(18,19)20;/h1-3,5,12H,4H2,(H,21,23);1H. The zero-order valence-corrected chi connectivity index (χ0v) is 13.9. The highest BCUT2D eigenvalue weighted by Crippen LogP contribution is 2.33. The largest absolute Gasteiger partial charge is 0.434 e. The number of anilines is 1. The van der Waals surface area contributed by atoms with Gasteiger partial charge in [-0.15, -0.1) is 12.4 Å². The lowest BCUT2D eigenvalue weighted by Crippen LogP contribution is -2.10. The van der Waals surface area contributed by atoms with Gasteiger partial charge in [0, 0.05) is 12.7 Å². The Kier molecular flexibility index (Phi) is 7.00. The van der Waals surface area contributed by atoms with Crippen molar-refractivity contribution in [2.45, 2.75) is 19.1 Å². The van der Waals surface area contributed by atoms with Crippen molar-refractivity contribution >= 4 is 41.4 Å². The highest BCUT2D eigenvalue weighted by molar-refractivity contribution is 6.31. The Balaban J connectivity index is 0.00000288. The van der Waals surface area contributed by atoms with Gasteiger partial charge in [-0.2, -0.15) is 13.2 Å². The number of halogens is 8. The molecule has 1 N–H and O–H groups in total. The van der Waals surface area contributed by atoms with Gasteiger partial charge in [0.1, 0.15) is 11.5 Å². The van der Waals surface area contributed by atoms with E-state index in [0.717, 1.165) is 12.3 Å². The van der Waals surface area contributed by atoms with Crippen molar-refractivity contribution in [3.8, 4) is 0 Å². The van der Waals surface area contributed by atoms with Crippen molar-refractivity contribution in [2.24, 2.45) is 0 Å². The Morgan fingerprint density at radius 3 is 2.33 bits per heavy atom. The van der Waals surface area contributed by atoms with Crippen LogP contribution in [-0.2, 0) is 12.7 Å². The monoisotopic (exact) mass is 407 g/mol. The van der Waals surface area contributed by atoms with Gasteiger partial charge >= 0.3 is 6.18 Å². The Morgan fingerprint density at radius 2 is 1.79 bits per heavy atom. The van der Waals surface area contributed by atoms with Crippen molar-refractivity contribution in [2.75, 3.05) is 5.32 Å². The molecule has 0 saturated heterocycles. The van der Waals surface area contributed by atoms with E-state index in [-0.39, 0.29) is 29.8 Å². The molecule has 2 aromatic heterocycles. The van der Waals surface area contributed by atoms with Crippen molar-refractivity contribution in [1.29, 1.82) is 0 Å². The molecule has 0 unspecified atom stereocenters. The molecular formula is C13H9Cl3F5N3. The van der Waals surface area contributed by atoms with Crippen LogP contribution in [0, 0.1) is 0 Å². The first kappa shape index (κ1) is 20.7. The van der Waals surface area contributed by atoms with Gasteiger partial charge < -0.3 is 5.32 Å². The number of rotatable bonds is 4. The fourth-order valence-electron chi connectivity index (χ4n) is 1.68. The zero-order valence-electron chi connectivity index (χ0n) is 11.5. The molecule has 0 aliphatic rings. The lowest BCUT2D eigenvalue weighted by Gasteiger charge is -2.11. The van der Waals surface area contributed by atoms with Crippen LogP contribution in [0.25, 0.3) is 0 Å². The normalized spacial score (nSPS) is 11.3. The number of nitrogens with zero attached hydrogens (tertiary/aromatic N) is 2. The predicted octanol–water partition coefficient (Wildman–Crippen LogP) is 5.77. The third-order valence-corrected chi connectivity index (χ3v) is 3.33. The van der Waals surface area contributed by atoms with Gasteiger partial charge in [-0.3, -0.25) is 0 Å². The predicted molar refractivity (Wildman–Crippen MR) is 83.0 cm³/mol. The summed E-state index contributed by atoms with van der Waals surface area (Å²) in [5.74, 6) is 0.0979. The molecule has 0 saturated carbocycles. The summed E-state index contributed by atoms with van der Waals surface area (Å²) in [4.78, 5) is 6.90. The maximum atomic E-state index is 12.7. The highest BCUT2D eigenvalue weighted by Gasteiger charge is 2.35. The summed E-state index contributed by atoms with van der Waals surface area (Å²) < 4.78 is 62.9. The molecule has 0 amide bonds. The molecule has 0 aliphatic heterocycles. The molecule has 0 spiro atoms. The minimum Gasteiger partial charge on any atom is -0.366 e. The third kappa shape index (κ3) is 5.06. The van der Waals surface area contributed by atoms with E-state index in [0.29, 0.717) is 5.56 Å². The number of nitrogens with one attached hydrogen (secondary N) is 1. The zero-order chi connectivity index (χ0) is 17.2. The van der Waals surface area contributed by atoms with Gasteiger partial charge in [0.2, 0.25) is 0 Å². The van der Waals surface area contributed by atoms with E-state index >= 15 is 0 Å². The summed E-state index contributed by atoms with van der Waals surface area (Å²) in [6, 6.07) is 3.71. The molecule has 24 heavy (non-hydrogen) atoms. The molecular weight excluding hydrogens is 400 g/mol. The van der Waals surface area contributed by atoms with E-state index in [1.807, 2.05) is 0 Å². The lowest BCUT2D eigenvalue weighted by molar-refractivity contribution is -0.141. The fourth-order valence-corrected chi connectivity index (χ4v) is 2.17. The number of hydrogen-bond acceptors (Lipinski definition) is 3. The van der Waals surface area contributed by atoms with E-state index in [4.69, 9.17) is 23.2 Å². The van der Waals surface area contributed by atoms with Crippen LogP contribution < -0.4 is 5.32 Å². The Morgan fingerprint density at radius 1 is 1.12 bits per heavy atom. The van der Waals surface area contributed by atoms with Gasteiger partial charge in [-0.05, 0) is 23.8 Å². The first-order valence-corrected chi connectivity index (χ1v) is 6.84. The van der Waals surface area contributed by atoms with E-state index in [1.165, 1.54) is 12.1 Å². The van der Waals surface area contributed by atoms with Crippen LogP contribution in [0.15, 0.2) is 24.4 Å². The van der Waals surface area contributed by atoms with Crippen LogP contribution >= 0.6 is 35.6 Å². The summed E-state index contributed by atoms with van der Waals surface area (Å²) in [5, 5.41) is 1.96. The van der Waals surface area contributed by atoms with Crippen LogP contribution in [0.5, 0.6) is 0 Å². The average Bonchev–Trinajstić information content (AvgIpc) is 2.44. The minimum absolute atomic E-state index is 0. The fraction of sp³-hybridized carbons (Fsp3) is 0.231. The number of aromatic nitrogens is 2. The Bertz CT molecular complexity index is 710. The molecule has 0 fully saturated rings. The van der Waals surface area contributed by atoms with Crippen molar-refractivity contribution in [3.63, 3.8) is 0 Å². The van der Waals surface area contributed by atoms with E-state index in [1.54, 1.807) is 0 Å². The summed E-state index contributed by atoms with van der Waals surface area (Å²) in [5.41, 5.74) is -1.44. The third-order valence-electron chi connectivity index (χ3n) is 2.72. The smallest absolute Gasteiger partial charge is 0.366 e. The van der Waals surface area contributed by atoms with Crippen molar-refractivity contribution < 1.29 is 22.0 Å². The second kappa shape index (κ2) is 8.13. The molecule has 0 radical (unpaired) electrons. The Hall–Kier alpha value is -1.38. The molecule has 0 bridgehead atoms. The molecule has 11 heteroatoms. The Labute approximate surface area is 149 Å². The molecule has 2 rings (SSSR count). The van der Waals surface area contributed by atoms with Crippen LogP contribution in [0.4, 0.5) is 27.8 Å². The maximum absolute atomic E-state index is 12.7. The second-order valence-electron chi connectivity index (χ2n) is 4.39. The van der Waals surface area contributed by atoms with Gasteiger partial charge in [0.15, 0.2) is 5.69 Å². The first-order valence-electron chi connectivity index (χ1n) is 6.08. The SMILES string of the molecule is Cl.FC(F)c1nc(NCc2cnc(C(F)(F)F)c(Cl)c2)ccc1Cl. The van der Waals surface area contributed by atoms with Crippen LogP contribution in [-0.4, -0.2) is 9.97 Å². The lowest BCUT2D eigenvalue weighted by atomic mass is 10.2. The molecule has 3 nitrogen and oxygen atoms in total. The maximum Gasteiger partial charge on any atom is 0.434 e. The van der Waals surface area contributed by atoms with E-state index in [9.17, 15) is 22.0 Å². The summed E-state index contributed by atoms with van der Waals surface area (Å²) in [6.45, 7) is 0.00215. The highest BCUT2D eigenvalue weighted by atomic mass is 35.5. The molecule has 2 heterocycles. The average molecular weight is 409 g/mol. The van der Waals surface area contributed by atoms with E-state index in [2.05, 4.69) is 15.3 Å². The topological polar surface area (TPSA) is 37.8 Å². The van der Waals surface area contributed by atoms with Gasteiger partial charge in [-0.25, -0.2) is 18.7 Å². The molecule has 0 aliphatic carbocycles. The van der Waals surface area contributed by atoms with Gasteiger partial charge in [0.25, 0.3) is 6.43 Å². The van der Waals surface area contributed by atoms with Gasteiger partial charge in [-0.1, -0.05) is 23.2 Å². The summed E-state index contributed by atoms with van der Waals surface area (Å²) >= 11 is 11.1. The quantitative estimate of drug-likeness (QED) is 0.652. The second-order valence-corrected chi connectivity index (χ2v) is 5.20. The number of pyridine rings is 2. The van der Waals surface area contributed by atoms with Crippen molar-refractivity contribution in [3.05, 3.63) is 51.4 Å². The minimum atomic E-state index is -4.65. The van der Waals surface area contributed by atoms with Crippen molar-refractivity contribution in [1.82, 2.24) is 9.97 Å². The summed E-state index contributed by atoms with van der Waals surface area (Å²) in [7, 11) is 0. The molecule has 132 valence electrons. The molecule has 0 aromatic carbocycles. The number of hydrogen-bond donors (Lipinski definition) is 1. The number of alkyl halides is 5.